The lowest BCUT2D eigenvalue weighted by atomic mass is 10.0. The summed E-state index contributed by atoms with van der Waals surface area (Å²) in [6.07, 6.45) is 3.58. The number of nitrogens with zero attached hydrogens (tertiary/aromatic N) is 1. The van der Waals surface area contributed by atoms with E-state index in [1.165, 1.54) is 6.42 Å². The monoisotopic (exact) mass is 213 g/mol. The van der Waals surface area contributed by atoms with E-state index in [1.807, 2.05) is 5.01 Å². The number of piperidine rings is 1. The Hall–Kier alpha value is -0.650. The van der Waals surface area contributed by atoms with Crippen LogP contribution in [-0.2, 0) is 9.53 Å². The van der Waals surface area contributed by atoms with Gasteiger partial charge in [0, 0.05) is 19.1 Å². The average molecular weight is 213 g/mol. The maximum atomic E-state index is 11.8. The van der Waals surface area contributed by atoms with Crippen molar-refractivity contribution in [1.82, 2.24) is 10.4 Å². The lowest BCUT2D eigenvalue weighted by Crippen LogP contribution is -2.50. The van der Waals surface area contributed by atoms with Crippen molar-refractivity contribution < 1.29 is 9.53 Å². The summed E-state index contributed by atoms with van der Waals surface area (Å²) in [6, 6.07) is -0.144. The Bertz CT molecular complexity index is 229. The summed E-state index contributed by atoms with van der Waals surface area (Å²) in [5.41, 5.74) is 8.71. The summed E-state index contributed by atoms with van der Waals surface area (Å²) < 4.78 is 5.18. The van der Waals surface area contributed by atoms with Gasteiger partial charge in [0.25, 0.3) is 0 Å². The molecule has 2 fully saturated rings. The third-order valence-corrected chi connectivity index (χ3v) is 3.09. The Kier molecular flexibility index (Phi) is 3.56. The van der Waals surface area contributed by atoms with Crippen molar-refractivity contribution in [2.75, 3.05) is 26.3 Å². The highest BCUT2D eigenvalue weighted by Crippen LogP contribution is 2.13. The van der Waals surface area contributed by atoms with Crippen molar-refractivity contribution in [3.05, 3.63) is 0 Å². The zero-order valence-electron chi connectivity index (χ0n) is 8.95. The quantitative estimate of drug-likeness (QED) is 0.647. The van der Waals surface area contributed by atoms with Crippen LogP contribution in [-0.4, -0.2) is 43.3 Å². The number of hydrogen-bond acceptors (Lipinski definition) is 4. The van der Waals surface area contributed by atoms with Crippen LogP contribution in [0, 0.1) is 5.92 Å². The highest BCUT2D eigenvalue weighted by Gasteiger charge is 2.32. The molecule has 3 N–H and O–H groups in total. The number of rotatable bonds is 2. The molecule has 2 aliphatic heterocycles. The molecule has 5 heteroatoms. The number of nitrogens with one attached hydrogen (secondary N) is 1. The van der Waals surface area contributed by atoms with Crippen LogP contribution in [0.4, 0.5) is 0 Å². The van der Waals surface area contributed by atoms with Crippen molar-refractivity contribution in [2.45, 2.75) is 25.3 Å². The molecular weight excluding hydrogens is 194 g/mol. The molecule has 0 radical (unpaired) electrons. The summed E-state index contributed by atoms with van der Waals surface area (Å²) in [7, 11) is 0. The molecule has 0 aliphatic carbocycles. The van der Waals surface area contributed by atoms with Crippen LogP contribution in [0.15, 0.2) is 0 Å². The lowest BCUT2D eigenvalue weighted by molar-refractivity contribution is -0.130. The zero-order chi connectivity index (χ0) is 10.7. The van der Waals surface area contributed by atoms with Crippen LogP contribution in [0.5, 0.6) is 0 Å². The molecule has 2 saturated heterocycles. The van der Waals surface area contributed by atoms with Gasteiger partial charge in [-0.2, -0.15) is 0 Å². The van der Waals surface area contributed by atoms with Crippen LogP contribution in [0.2, 0.25) is 0 Å². The van der Waals surface area contributed by atoms with Gasteiger partial charge in [0.2, 0.25) is 5.91 Å². The molecule has 2 atom stereocenters. The van der Waals surface area contributed by atoms with Crippen molar-refractivity contribution in [3.63, 3.8) is 0 Å². The fourth-order valence-electron chi connectivity index (χ4n) is 2.09. The smallest absolute Gasteiger partial charge is 0.241 e. The van der Waals surface area contributed by atoms with Crippen LogP contribution < -0.4 is 11.2 Å². The lowest BCUT2D eigenvalue weighted by Gasteiger charge is -2.28. The highest BCUT2D eigenvalue weighted by atomic mass is 16.5. The third-order valence-electron chi connectivity index (χ3n) is 3.09. The van der Waals surface area contributed by atoms with Gasteiger partial charge in [-0.15, -0.1) is 0 Å². The van der Waals surface area contributed by atoms with Gasteiger partial charge in [0.1, 0.15) is 0 Å². The molecule has 0 aromatic heterocycles. The number of amides is 1. The van der Waals surface area contributed by atoms with Crippen LogP contribution in [0.25, 0.3) is 0 Å². The maximum absolute atomic E-state index is 11.8. The second-order valence-electron chi connectivity index (χ2n) is 4.33. The Morgan fingerprint density at radius 1 is 1.27 bits per heavy atom. The van der Waals surface area contributed by atoms with E-state index in [2.05, 4.69) is 5.43 Å². The predicted octanol–water partition coefficient (Wildman–Crippen LogP) is -0.523. The minimum Gasteiger partial charge on any atom is -0.379 e. The van der Waals surface area contributed by atoms with E-state index in [0.717, 1.165) is 25.9 Å². The highest BCUT2D eigenvalue weighted by molar-refractivity contribution is 5.79. The largest absolute Gasteiger partial charge is 0.379 e. The molecule has 2 unspecified atom stereocenters. The molecule has 2 rings (SSSR count). The normalized spacial score (nSPS) is 32.9. The molecule has 0 bridgehead atoms. The first-order valence-electron chi connectivity index (χ1n) is 5.66. The molecule has 2 aliphatic rings. The van der Waals surface area contributed by atoms with E-state index >= 15 is 0 Å². The number of nitrogens with two attached hydrogens (primary N) is 1. The Morgan fingerprint density at radius 2 is 2.00 bits per heavy atom. The van der Waals surface area contributed by atoms with Gasteiger partial charge in [0.15, 0.2) is 0 Å². The SMILES string of the molecule is NC1COCC1C(=O)NN1CCCCC1. The van der Waals surface area contributed by atoms with Gasteiger partial charge in [0.05, 0.1) is 19.1 Å². The Morgan fingerprint density at radius 3 is 2.60 bits per heavy atom. The van der Waals surface area contributed by atoms with Crippen molar-refractivity contribution in [2.24, 2.45) is 11.7 Å². The third kappa shape index (κ3) is 2.68. The van der Waals surface area contributed by atoms with Gasteiger partial charge >= 0.3 is 0 Å². The number of carbonyl (C=O) groups is 1. The van der Waals surface area contributed by atoms with Crippen LogP contribution in [0.3, 0.4) is 0 Å². The van der Waals surface area contributed by atoms with Crippen LogP contribution >= 0.6 is 0 Å². The van der Waals surface area contributed by atoms with E-state index in [-0.39, 0.29) is 17.9 Å². The molecule has 0 aromatic carbocycles. The molecule has 86 valence electrons. The van der Waals surface area contributed by atoms with Gasteiger partial charge in [-0.05, 0) is 12.8 Å². The van der Waals surface area contributed by atoms with Crippen LogP contribution in [0.1, 0.15) is 19.3 Å². The number of ether oxygens (including phenoxy) is 1. The number of hydrazine groups is 1. The summed E-state index contributed by atoms with van der Waals surface area (Å²) >= 11 is 0. The van der Waals surface area contributed by atoms with E-state index in [9.17, 15) is 4.79 Å². The second-order valence-corrected chi connectivity index (χ2v) is 4.33. The van der Waals surface area contributed by atoms with Gasteiger partial charge in [-0.3, -0.25) is 10.2 Å². The second kappa shape index (κ2) is 4.92. The topological polar surface area (TPSA) is 67.6 Å². The molecule has 0 aromatic rings. The minimum absolute atomic E-state index is 0.0156. The molecule has 2 heterocycles. The Balaban J connectivity index is 1.80. The number of hydrogen-bond donors (Lipinski definition) is 2. The standard InChI is InChI=1S/C10H19N3O2/c11-9-7-15-6-8(9)10(14)12-13-4-2-1-3-5-13/h8-9H,1-7,11H2,(H,12,14). The maximum Gasteiger partial charge on any atom is 0.241 e. The molecule has 5 nitrogen and oxygen atoms in total. The van der Waals surface area contributed by atoms with Gasteiger partial charge in [-0.25, -0.2) is 5.01 Å². The molecule has 15 heavy (non-hydrogen) atoms. The first-order chi connectivity index (χ1) is 7.27. The summed E-state index contributed by atoms with van der Waals surface area (Å²) in [4.78, 5) is 11.8. The average Bonchev–Trinajstić information content (AvgIpc) is 2.66. The molecule has 1 amide bonds. The molecular formula is C10H19N3O2. The summed E-state index contributed by atoms with van der Waals surface area (Å²) in [5, 5.41) is 2.00. The summed E-state index contributed by atoms with van der Waals surface area (Å²) in [5.74, 6) is -0.158. The molecule has 0 spiro atoms. The number of carbonyl (C=O) groups excluding carboxylic acids is 1. The van der Waals surface area contributed by atoms with Crippen molar-refractivity contribution in [1.29, 1.82) is 0 Å². The van der Waals surface area contributed by atoms with E-state index in [4.69, 9.17) is 10.5 Å². The van der Waals surface area contributed by atoms with E-state index in [0.29, 0.717) is 13.2 Å². The van der Waals surface area contributed by atoms with Gasteiger partial charge < -0.3 is 10.5 Å². The predicted molar refractivity (Wildman–Crippen MR) is 55.9 cm³/mol. The first kappa shape index (κ1) is 10.9. The fraction of sp³-hybridized carbons (Fsp3) is 0.900. The van der Waals surface area contributed by atoms with Crippen molar-refractivity contribution in [3.8, 4) is 0 Å². The fourth-order valence-corrected chi connectivity index (χ4v) is 2.09. The first-order valence-corrected chi connectivity index (χ1v) is 5.66. The molecule has 0 saturated carbocycles. The van der Waals surface area contributed by atoms with E-state index < -0.39 is 0 Å². The summed E-state index contributed by atoms with van der Waals surface area (Å²) in [6.45, 7) is 2.86. The van der Waals surface area contributed by atoms with Gasteiger partial charge in [-0.1, -0.05) is 6.42 Å². The minimum atomic E-state index is -0.174. The van der Waals surface area contributed by atoms with E-state index in [1.54, 1.807) is 0 Å². The Labute approximate surface area is 89.9 Å². The van der Waals surface area contributed by atoms with Crippen molar-refractivity contribution >= 4 is 5.91 Å². The zero-order valence-corrected chi connectivity index (χ0v) is 8.95.